The Bertz CT molecular complexity index is 1150. The Labute approximate surface area is 182 Å². The van der Waals surface area contributed by atoms with Gasteiger partial charge >= 0.3 is 5.69 Å². The van der Waals surface area contributed by atoms with Gasteiger partial charge in [0.2, 0.25) is 5.91 Å². The van der Waals surface area contributed by atoms with Crippen molar-refractivity contribution in [1.82, 2.24) is 19.4 Å². The van der Waals surface area contributed by atoms with Crippen molar-refractivity contribution in [2.24, 2.45) is 0 Å². The first-order valence-electron chi connectivity index (χ1n) is 9.10. The van der Waals surface area contributed by atoms with Crippen molar-refractivity contribution >= 4 is 34.9 Å². The molecule has 30 heavy (non-hydrogen) atoms. The second-order valence-electron chi connectivity index (χ2n) is 6.40. The lowest BCUT2D eigenvalue weighted by molar-refractivity contribution is -0.121. The van der Waals surface area contributed by atoms with Crippen LogP contribution in [0.1, 0.15) is 5.56 Å². The molecule has 0 unspecified atom stereocenters. The summed E-state index contributed by atoms with van der Waals surface area (Å²) in [6.45, 7) is 0.537. The second kappa shape index (κ2) is 10.1. The van der Waals surface area contributed by atoms with E-state index in [1.165, 1.54) is 23.0 Å². The van der Waals surface area contributed by atoms with Crippen LogP contribution in [-0.4, -0.2) is 33.1 Å². The number of carbonyl (C=O) groups excluding carboxylic acids is 1. The van der Waals surface area contributed by atoms with Crippen LogP contribution in [0.25, 0.3) is 0 Å². The average molecular weight is 448 g/mol. The van der Waals surface area contributed by atoms with Crippen molar-refractivity contribution in [3.05, 3.63) is 91.3 Å². The molecule has 0 bridgehead atoms. The van der Waals surface area contributed by atoms with Crippen molar-refractivity contribution < 1.29 is 4.79 Å². The monoisotopic (exact) mass is 447 g/mol. The summed E-state index contributed by atoms with van der Waals surface area (Å²) in [5.41, 5.74) is -0.165. The number of halogens is 2. The van der Waals surface area contributed by atoms with Gasteiger partial charge in [0.25, 0.3) is 5.56 Å². The number of aromatic nitrogens is 3. The molecule has 3 rings (SSSR count). The molecule has 2 N–H and O–H groups in total. The maximum Gasteiger partial charge on any atom is 0.331 e. The van der Waals surface area contributed by atoms with Crippen LogP contribution in [-0.2, 0) is 17.9 Å². The molecule has 0 saturated heterocycles. The molecular weight excluding hydrogens is 429 g/mol. The molecular formula is C20H19Cl2N5O3. The van der Waals surface area contributed by atoms with Gasteiger partial charge in [-0.2, -0.15) is 0 Å². The van der Waals surface area contributed by atoms with Crippen LogP contribution in [0.3, 0.4) is 0 Å². The quantitative estimate of drug-likeness (QED) is 0.514. The van der Waals surface area contributed by atoms with Crippen molar-refractivity contribution in [3.8, 4) is 0 Å². The fourth-order valence-corrected chi connectivity index (χ4v) is 3.18. The zero-order valence-corrected chi connectivity index (χ0v) is 17.4. The van der Waals surface area contributed by atoms with E-state index in [1.807, 2.05) is 30.3 Å². The van der Waals surface area contributed by atoms with E-state index in [0.717, 1.165) is 10.1 Å². The molecule has 1 amide bonds. The summed E-state index contributed by atoms with van der Waals surface area (Å²) in [4.78, 5) is 40.9. The van der Waals surface area contributed by atoms with Crippen molar-refractivity contribution in [2.75, 3.05) is 18.4 Å². The molecule has 0 fully saturated rings. The van der Waals surface area contributed by atoms with Crippen LogP contribution in [0.15, 0.2) is 64.4 Å². The molecule has 156 valence electrons. The maximum absolute atomic E-state index is 12.6. The van der Waals surface area contributed by atoms with Crippen LogP contribution in [0.5, 0.6) is 0 Å². The molecule has 0 atom stereocenters. The van der Waals surface area contributed by atoms with Gasteiger partial charge in [-0.3, -0.25) is 18.7 Å². The minimum Gasteiger partial charge on any atom is -0.367 e. The van der Waals surface area contributed by atoms with Crippen molar-refractivity contribution in [3.63, 3.8) is 0 Å². The summed E-state index contributed by atoms with van der Waals surface area (Å²) in [7, 11) is 0. The lowest BCUT2D eigenvalue weighted by Crippen LogP contribution is -2.43. The van der Waals surface area contributed by atoms with E-state index >= 15 is 0 Å². The van der Waals surface area contributed by atoms with Crippen LogP contribution >= 0.6 is 23.2 Å². The van der Waals surface area contributed by atoms with Gasteiger partial charge < -0.3 is 10.6 Å². The molecule has 0 aliphatic rings. The van der Waals surface area contributed by atoms with E-state index in [1.54, 1.807) is 6.07 Å². The zero-order chi connectivity index (χ0) is 21.5. The minimum atomic E-state index is -0.545. The van der Waals surface area contributed by atoms with E-state index in [-0.39, 0.29) is 13.1 Å². The molecule has 0 aliphatic heterocycles. The highest BCUT2D eigenvalue weighted by Crippen LogP contribution is 2.21. The fraction of sp³-hybridized carbons (Fsp3) is 0.200. The lowest BCUT2D eigenvalue weighted by Gasteiger charge is -2.11. The molecule has 2 aromatic heterocycles. The normalized spacial score (nSPS) is 10.6. The van der Waals surface area contributed by atoms with Crippen molar-refractivity contribution in [2.45, 2.75) is 13.1 Å². The number of rotatable bonds is 8. The van der Waals surface area contributed by atoms with Gasteiger partial charge in [-0.1, -0.05) is 53.5 Å². The third-order valence-corrected chi connectivity index (χ3v) is 4.68. The predicted octanol–water partition coefficient (Wildman–Crippen LogP) is 1.99. The SMILES string of the molecule is O=C(Cn1c(=O)ccn(Cc2ccccc2)c1=O)NCCNc1ncc(Cl)cc1Cl. The summed E-state index contributed by atoms with van der Waals surface area (Å²) in [5.74, 6) is -0.0120. The van der Waals surface area contributed by atoms with Crippen LogP contribution in [0.2, 0.25) is 10.0 Å². The highest BCUT2D eigenvalue weighted by atomic mass is 35.5. The Morgan fingerprint density at radius 2 is 1.83 bits per heavy atom. The van der Waals surface area contributed by atoms with E-state index in [0.29, 0.717) is 29.0 Å². The molecule has 0 aliphatic carbocycles. The zero-order valence-electron chi connectivity index (χ0n) is 15.8. The first kappa shape index (κ1) is 21.6. The molecule has 3 aromatic rings. The average Bonchev–Trinajstić information content (AvgIpc) is 2.73. The first-order chi connectivity index (χ1) is 14.4. The molecule has 10 heteroatoms. The summed E-state index contributed by atoms with van der Waals surface area (Å²) in [6, 6.07) is 12.2. The number of amides is 1. The summed E-state index contributed by atoms with van der Waals surface area (Å²) < 4.78 is 2.29. The van der Waals surface area contributed by atoms with Gasteiger partial charge in [0.15, 0.2) is 0 Å². The second-order valence-corrected chi connectivity index (χ2v) is 7.24. The number of hydrogen-bond donors (Lipinski definition) is 2. The van der Waals surface area contributed by atoms with Gasteiger partial charge in [0, 0.05) is 31.5 Å². The summed E-state index contributed by atoms with van der Waals surface area (Å²) >= 11 is 11.8. The van der Waals surface area contributed by atoms with Crippen LogP contribution in [0.4, 0.5) is 5.82 Å². The number of anilines is 1. The van der Waals surface area contributed by atoms with Crippen LogP contribution in [0, 0.1) is 0 Å². The van der Waals surface area contributed by atoms with Crippen molar-refractivity contribution in [1.29, 1.82) is 0 Å². The van der Waals surface area contributed by atoms with Gasteiger partial charge in [0.1, 0.15) is 12.4 Å². The third-order valence-electron chi connectivity index (χ3n) is 4.18. The van der Waals surface area contributed by atoms with E-state index in [4.69, 9.17) is 23.2 Å². The Balaban J connectivity index is 1.57. The smallest absolute Gasteiger partial charge is 0.331 e. The maximum atomic E-state index is 12.6. The van der Waals surface area contributed by atoms with Gasteiger partial charge in [-0.05, 0) is 11.6 Å². The number of pyridine rings is 1. The number of benzene rings is 1. The standard InChI is InChI=1S/C20H19Cl2N5O3/c21-15-10-16(22)19(25-11-15)24-8-7-23-17(28)13-27-18(29)6-9-26(20(27)30)12-14-4-2-1-3-5-14/h1-6,9-11H,7-8,12-13H2,(H,23,28)(H,24,25). The minimum absolute atomic E-state index is 0.249. The lowest BCUT2D eigenvalue weighted by atomic mass is 10.2. The number of hydrogen-bond acceptors (Lipinski definition) is 5. The van der Waals surface area contributed by atoms with Gasteiger partial charge in [-0.15, -0.1) is 0 Å². The highest BCUT2D eigenvalue weighted by molar-refractivity contribution is 6.35. The molecule has 2 heterocycles. The largest absolute Gasteiger partial charge is 0.367 e. The molecule has 0 saturated carbocycles. The van der Waals surface area contributed by atoms with Gasteiger partial charge in [0.05, 0.1) is 16.6 Å². The molecule has 0 spiro atoms. The van der Waals surface area contributed by atoms with Crippen LogP contribution < -0.4 is 21.9 Å². The van der Waals surface area contributed by atoms with E-state index in [9.17, 15) is 14.4 Å². The van der Waals surface area contributed by atoms with Gasteiger partial charge in [-0.25, -0.2) is 9.78 Å². The molecule has 0 radical (unpaired) electrons. The Morgan fingerprint density at radius 1 is 1.07 bits per heavy atom. The number of nitrogens with zero attached hydrogens (tertiary/aromatic N) is 3. The number of nitrogens with one attached hydrogen (secondary N) is 2. The molecule has 1 aromatic carbocycles. The van der Waals surface area contributed by atoms with E-state index in [2.05, 4.69) is 15.6 Å². The summed E-state index contributed by atoms with van der Waals surface area (Å²) in [5, 5.41) is 6.40. The Kier molecular flexibility index (Phi) is 7.26. The highest BCUT2D eigenvalue weighted by Gasteiger charge is 2.10. The molecule has 8 nitrogen and oxygen atoms in total. The Hall–Kier alpha value is -3.10. The predicted molar refractivity (Wildman–Crippen MR) is 116 cm³/mol. The first-order valence-corrected chi connectivity index (χ1v) is 9.85. The third kappa shape index (κ3) is 5.71. The van der Waals surface area contributed by atoms with E-state index < -0.39 is 17.2 Å². The summed E-state index contributed by atoms with van der Waals surface area (Å²) in [6.07, 6.45) is 2.88. The Morgan fingerprint density at radius 3 is 2.57 bits per heavy atom. The number of carbonyl (C=O) groups is 1. The fourth-order valence-electron chi connectivity index (χ4n) is 2.73. The topological polar surface area (TPSA) is 98.0 Å².